The third-order valence-corrected chi connectivity index (χ3v) is 6.08. The van der Waals surface area contributed by atoms with E-state index in [9.17, 15) is 4.79 Å². The van der Waals surface area contributed by atoms with Crippen LogP contribution >= 0.6 is 0 Å². The molecule has 2 aliphatic rings. The number of carbonyl (C=O) groups is 1. The molecule has 0 atom stereocenters. The maximum absolute atomic E-state index is 11.2. The molecule has 0 amide bonds. The molecule has 25 heavy (non-hydrogen) atoms. The molecule has 2 heterocycles. The molecular formula is C21H33N2O2+. The van der Waals surface area contributed by atoms with Gasteiger partial charge < -0.3 is 14.1 Å². The highest BCUT2D eigenvalue weighted by Gasteiger charge is 2.33. The summed E-state index contributed by atoms with van der Waals surface area (Å²) < 4.78 is 6.06. The molecule has 4 nitrogen and oxygen atoms in total. The minimum absolute atomic E-state index is 0.115. The van der Waals surface area contributed by atoms with Crippen LogP contribution < -0.4 is 4.90 Å². The zero-order chi connectivity index (χ0) is 17.5. The van der Waals surface area contributed by atoms with Gasteiger partial charge in [0.05, 0.1) is 46.4 Å². The standard InChI is InChI=1S/C21H33N2O2/c1-25-21(24)8-6-7-19-9-11-20(12-10-19)22-13-17-23(18-14-22)15-4-2-3-5-16-23/h9-12H,2-8,13-18H2,1H3/q+1. The van der Waals surface area contributed by atoms with Crippen LogP contribution in [0.5, 0.6) is 0 Å². The summed E-state index contributed by atoms with van der Waals surface area (Å²) in [4.78, 5) is 13.7. The number of nitrogens with zero attached hydrogens (tertiary/aromatic N) is 2. The van der Waals surface area contributed by atoms with Crippen LogP contribution in [-0.4, -0.2) is 56.8 Å². The molecule has 0 radical (unpaired) electrons. The molecule has 1 aromatic carbocycles. The molecule has 0 aromatic heterocycles. The first-order chi connectivity index (χ1) is 12.2. The van der Waals surface area contributed by atoms with Crippen LogP contribution in [0.1, 0.15) is 44.1 Å². The van der Waals surface area contributed by atoms with Gasteiger partial charge in [0.25, 0.3) is 0 Å². The zero-order valence-corrected chi connectivity index (χ0v) is 15.7. The zero-order valence-electron chi connectivity index (χ0n) is 15.7. The Morgan fingerprint density at radius 1 is 1.00 bits per heavy atom. The fraction of sp³-hybridized carbons (Fsp3) is 0.667. The van der Waals surface area contributed by atoms with Crippen molar-refractivity contribution in [3.05, 3.63) is 29.8 Å². The Morgan fingerprint density at radius 2 is 1.64 bits per heavy atom. The molecule has 0 N–H and O–H groups in total. The van der Waals surface area contributed by atoms with Gasteiger partial charge in [0.15, 0.2) is 0 Å². The highest BCUT2D eigenvalue weighted by molar-refractivity contribution is 5.69. The normalized spacial score (nSPS) is 20.3. The third-order valence-electron chi connectivity index (χ3n) is 6.08. The van der Waals surface area contributed by atoms with Gasteiger partial charge in [-0.1, -0.05) is 12.1 Å². The van der Waals surface area contributed by atoms with E-state index in [0.29, 0.717) is 6.42 Å². The molecule has 0 saturated carbocycles. The first-order valence-corrected chi connectivity index (χ1v) is 9.97. The summed E-state index contributed by atoms with van der Waals surface area (Å²) in [7, 11) is 1.45. The number of piperazine rings is 1. The predicted octanol–water partition coefficient (Wildman–Crippen LogP) is 3.39. The molecule has 1 spiro atoms. The first kappa shape index (κ1) is 18.2. The fourth-order valence-electron chi connectivity index (χ4n) is 4.37. The van der Waals surface area contributed by atoms with Gasteiger partial charge in [0.1, 0.15) is 0 Å². The number of carbonyl (C=O) groups excluding carboxylic acids is 1. The van der Waals surface area contributed by atoms with Gasteiger partial charge in [-0.25, -0.2) is 0 Å². The molecule has 2 fully saturated rings. The van der Waals surface area contributed by atoms with Gasteiger partial charge in [0, 0.05) is 12.1 Å². The van der Waals surface area contributed by atoms with E-state index >= 15 is 0 Å². The average molecular weight is 346 g/mol. The molecular weight excluding hydrogens is 312 g/mol. The van der Waals surface area contributed by atoms with E-state index in [1.165, 1.54) is 87.8 Å². The lowest BCUT2D eigenvalue weighted by molar-refractivity contribution is -0.927. The summed E-state index contributed by atoms with van der Waals surface area (Å²) in [6, 6.07) is 8.95. The van der Waals surface area contributed by atoms with Crippen LogP contribution in [-0.2, 0) is 16.0 Å². The minimum atomic E-state index is -0.115. The second-order valence-electron chi connectivity index (χ2n) is 7.73. The van der Waals surface area contributed by atoms with Crippen molar-refractivity contribution < 1.29 is 14.0 Å². The highest BCUT2D eigenvalue weighted by Crippen LogP contribution is 2.24. The fourth-order valence-corrected chi connectivity index (χ4v) is 4.37. The summed E-state index contributed by atoms with van der Waals surface area (Å²) in [5.41, 5.74) is 2.66. The molecule has 4 heteroatoms. The van der Waals surface area contributed by atoms with Crippen LogP contribution in [0, 0.1) is 0 Å². The molecule has 0 bridgehead atoms. The van der Waals surface area contributed by atoms with Crippen LogP contribution in [0.2, 0.25) is 0 Å². The lowest BCUT2D eigenvalue weighted by Gasteiger charge is -2.45. The Hall–Kier alpha value is -1.55. The second-order valence-corrected chi connectivity index (χ2v) is 7.73. The molecule has 0 unspecified atom stereocenters. The predicted molar refractivity (Wildman–Crippen MR) is 102 cm³/mol. The number of ether oxygens (including phenoxy) is 1. The molecule has 0 aliphatic carbocycles. The van der Waals surface area contributed by atoms with Crippen molar-refractivity contribution >= 4 is 11.7 Å². The largest absolute Gasteiger partial charge is 0.469 e. The van der Waals surface area contributed by atoms with Crippen molar-refractivity contribution in [3.8, 4) is 0 Å². The van der Waals surface area contributed by atoms with Crippen molar-refractivity contribution in [1.29, 1.82) is 0 Å². The summed E-state index contributed by atoms with van der Waals surface area (Å²) in [6.45, 7) is 7.77. The number of hydrogen-bond acceptors (Lipinski definition) is 3. The van der Waals surface area contributed by atoms with E-state index < -0.39 is 0 Å². The molecule has 1 aromatic rings. The summed E-state index contributed by atoms with van der Waals surface area (Å²) >= 11 is 0. The minimum Gasteiger partial charge on any atom is -0.469 e. The number of rotatable bonds is 5. The Balaban J connectivity index is 1.49. The van der Waals surface area contributed by atoms with Crippen LogP contribution in [0.3, 0.4) is 0 Å². The number of anilines is 1. The number of quaternary nitrogens is 1. The SMILES string of the molecule is COC(=O)CCCc1ccc(N2CC[N+]3(CCCCCC3)CC2)cc1. The molecule has 138 valence electrons. The smallest absolute Gasteiger partial charge is 0.305 e. The van der Waals surface area contributed by atoms with Gasteiger partial charge in [-0.2, -0.15) is 0 Å². The number of aryl methyl sites for hydroxylation is 1. The monoisotopic (exact) mass is 345 g/mol. The van der Waals surface area contributed by atoms with E-state index in [2.05, 4.69) is 29.2 Å². The summed E-state index contributed by atoms with van der Waals surface area (Å²) in [5, 5.41) is 0. The topological polar surface area (TPSA) is 29.5 Å². The van der Waals surface area contributed by atoms with Crippen molar-refractivity contribution in [3.63, 3.8) is 0 Å². The van der Waals surface area contributed by atoms with Crippen molar-refractivity contribution in [2.24, 2.45) is 0 Å². The number of benzene rings is 1. The lowest BCUT2D eigenvalue weighted by atomic mass is 10.1. The quantitative estimate of drug-likeness (QED) is 0.605. The maximum atomic E-state index is 11.2. The van der Waals surface area contributed by atoms with Gasteiger partial charge >= 0.3 is 5.97 Å². The average Bonchev–Trinajstić information content (AvgIpc) is 2.88. The Kier molecular flexibility index (Phi) is 6.35. The van der Waals surface area contributed by atoms with E-state index in [0.717, 1.165) is 12.8 Å². The number of methoxy groups -OCH3 is 1. The van der Waals surface area contributed by atoms with Crippen LogP contribution in [0.15, 0.2) is 24.3 Å². The molecule has 2 aliphatic heterocycles. The van der Waals surface area contributed by atoms with Crippen LogP contribution in [0.4, 0.5) is 5.69 Å². The first-order valence-electron chi connectivity index (χ1n) is 9.97. The van der Waals surface area contributed by atoms with E-state index in [4.69, 9.17) is 4.74 Å². The van der Waals surface area contributed by atoms with E-state index in [1.807, 2.05) is 0 Å². The second kappa shape index (κ2) is 8.70. The van der Waals surface area contributed by atoms with E-state index in [1.54, 1.807) is 0 Å². The molecule has 2 saturated heterocycles. The van der Waals surface area contributed by atoms with E-state index in [-0.39, 0.29) is 5.97 Å². The van der Waals surface area contributed by atoms with Crippen molar-refractivity contribution in [2.45, 2.75) is 44.9 Å². The summed E-state index contributed by atoms with van der Waals surface area (Å²) in [6.07, 6.45) is 8.00. The third kappa shape index (κ3) is 4.97. The number of hydrogen-bond donors (Lipinski definition) is 0. The highest BCUT2D eigenvalue weighted by atomic mass is 16.5. The molecule has 3 rings (SSSR count). The van der Waals surface area contributed by atoms with Gasteiger partial charge in [-0.3, -0.25) is 4.79 Å². The Morgan fingerprint density at radius 3 is 2.24 bits per heavy atom. The van der Waals surface area contributed by atoms with Crippen molar-refractivity contribution in [1.82, 2.24) is 0 Å². The maximum Gasteiger partial charge on any atom is 0.305 e. The number of esters is 1. The van der Waals surface area contributed by atoms with Crippen molar-refractivity contribution in [2.75, 3.05) is 51.3 Å². The van der Waals surface area contributed by atoms with Gasteiger partial charge in [-0.05, 0) is 56.2 Å². The lowest BCUT2D eigenvalue weighted by Crippen LogP contribution is -2.60. The Bertz CT molecular complexity index is 538. The summed E-state index contributed by atoms with van der Waals surface area (Å²) in [5.74, 6) is -0.115. The van der Waals surface area contributed by atoms with Gasteiger partial charge in [-0.15, -0.1) is 0 Å². The van der Waals surface area contributed by atoms with Gasteiger partial charge in [0.2, 0.25) is 0 Å². The van der Waals surface area contributed by atoms with Crippen LogP contribution in [0.25, 0.3) is 0 Å². The Labute approximate surface area is 152 Å².